The lowest BCUT2D eigenvalue weighted by atomic mass is 9.98. The van der Waals surface area contributed by atoms with Crippen molar-refractivity contribution in [2.24, 2.45) is 0 Å². The summed E-state index contributed by atoms with van der Waals surface area (Å²) >= 11 is 0. The van der Waals surface area contributed by atoms with Gasteiger partial charge in [-0.25, -0.2) is 0 Å². The van der Waals surface area contributed by atoms with E-state index in [-0.39, 0.29) is 17.7 Å². The number of likely N-dealkylation sites (tertiary alicyclic amines) is 1. The summed E-state index contributed by atoms with van der Waals surface area (Å²) in [6, 6.07) is 11.8. The van der Waals surface area contributed by atoms with Gasteiger partial charge in [0.2, 0.25) is 5.91 Å². The predicted octanol–water partition coefficient (Wildman–Crippen LogP) is 2.77. The Labute approximate surface area is 141 Å². The van der Waals surface area contributed by atoms with E-state index < -0.39 is 0 Å². The third-order valence-electron chi connectivity index (χ3n) is 5.06. The van der Waals surface area contributed by atoms with E-state index >= 15 is 0 Å². The van der Waals surface area contributed by atoms with Gasteiger partial charge in [0.05, 0.1) is 0 Å². The summed E-state index contributed by atoms with van der Waals surface area (Å²) in [4.78, 5) is 31.4. The summed E-state index contributed by atoms with van der Waals surface area (Å²) in [5, 5.41) is 0. The smallest absolute Gasteiger partial charge is 0.274 e. The SMILES string of the molecule is O=C1CCCN1CCC1CN(C(=O)c2ccc[nH]2)c2ccccc21. The molecule has 2 aromatic rings. The van der Waals surface area contributed by atoms with Crippen molar-refractivity contribution in [2.45, 2.75) is 25.2 Å². The third kappa shape index (κ3) is 2.60. The molecule has 1 unspecified atom stereocenters. The number of benzene rings is 1. The van der Waals surface area contributed by atoms with Crippen molar-refractivity contribution in [1.29, 1.82) is 0 Å². The van der Waals surface area contributed by atoms with E-state index in [1.54, 1.807) is 12.3 Å². The molecule has 4 rings (SSSR count). The fourth-order valence-electron chi connectivity index (χ4n) is 3.80. The van der Waals surface area contributed by atoms with Crippen LogP contribution < -0.4 is 4.90 Å². The molecule has 1 fully saturated rings. The van der Waals surface area contributed by atoms with Crippen LogP contribution in [0.5, 0.6) is 0 Å². The molecule has 5 heteroatoms. The number of H-pyrrole nitrogens is 1. The van der Waals surface area contributed by atoms with Crippen LogP contribution in [0.3, 0.4) is 0 Å². The average Bonchev–Trinajstić information content (AvgIpc) is 3.33. The first kappa shape index (κ1) is 15.0. The Kier molecular flexibility index (Phi) is 3.84. The first-order chi connectivity index (χ1) is 11.7. The molecule has 124 valence electrons. The van der Waals surface area contributed by atoms with Crippen LogP contribution in [-0.2, 0) is 4.79 Å². The van der Waals surface area contributed by atoms with Gasteiger partial charge in [0, 0.05) is 43.9 Å². The molecule has 1 aromatic carbocycles. The lowest BCUT2D eigenvalue weighted by Crippen LogP contribution is -2.31. The predicted molar refractivity (Wildman–Crippen MR) is 92.1 cm³/mol. The Morgan fingerprint density at radius 1 is 1.21 bits per heavy atom. The molecule has 2 aliphatic heterocycles. The van der Waals surface area contributed by atoms with Crippen LogP contribution in [0.2, 0.25) is 0 Å². The highest BCUT2D eigenvalue weighted by atomic mass is 16.2. The van der Waals surface area contributed by atoms with Crippen LogP contribution in [0.1, 0.15) is 41.2 Å². The van der Waals surface area contributed by atoms with E-state index in [0.29, 0.717) is 18.7 Å². The van der Waals surface area contributed by atoms with Crippen molar-refractivity contribution < 1.29 is 9.59 Å². The summed E-state index contributed by atoms with van der Waals surface area (Å²) < 4.78 is 0. The van der Waals surface area contributed by atoms with E-state index in [4.69, 9.17) is 0 Å². The van der Waals surface area contributed by atoms with Crippen molar-refractivity contribution in [2.75, 3.05) is 24.5 Å². The van der Waals surface area contributed by atoms with Gasteiger partial charge in [0.1, 0.15) is 5.69 Å². The van der Waals surface area contributed by atoms with Gasteiger partial charge in [-0.2, -0.15) is 0 Å². The van der Waals surface area contributed by atoms with E-state index in [2.05, 4.69) is 11.1 Å². The van der Waals surface area contributed by atoms with Crippen molar-refractivity contribution >= 4 is 17.5 Å². The topological polar surface area (TPSA) is 56.4 Å². The van der Waals surface area contributed by atoms with Gasteiger partial charge in [-0.05, 0) is 36.6 Å². The fourth-order valence-corrected chi connectivity index (χ4v) is 3.80. The Hall–Kier alpha value is -2.56. The first-order valence-electron chi connectivity index (χ1n) is 8.56. The van der Waals surface area contributed by atoms with Crippen LogP contribution in [-0.4, -0.2) is 41.3 Å². The fraction of sp³-hybridized carbons (Fsp3) is 0.368. The van der Waals surface area contributed by atoms with Crippen LogP contribution in [0.4, 0.5) is 5.69 Å². The molecule has 3 heterocycles. The molecule has 1 aromatic heterocycles. The maximum absolute atomic E-state index is 12.8. The Bertz CT molecular complexity index is 754. The number of para-hydroxylation sites is 1. The minimum atomic E-state index is 0.00667. The second-order valence-electron chi connectivity index (χ2n) is 6.53. The number of carbonyl (C=O) groups excluding carboxylic acids is 2. The highest BCUT2D eigenvalue weighted by Gasteiger charge is 2.33. The van der Waals surface area contributed by atoms with E-state index in [0.717, 1.165) is 31.6 Å². The lowest BCUT2D eigenvalue weighted by molar-refractivity contribution is -0.127. The maximum atomic E-state index is 12.8. The number of nitrogens with one attached hydrogen (secondary N) is 1. The van der Waals surface area contributed by atoms with Gasteiger partial charge in [-0.15, -0.1) is 0 Å². The zero-order valence-electron chi connectivity index (χ0n) is 13.6. The zero-order chi connectivity index (χ0) is 16.5. The summed E-state index contributed by atoms with van der Waals surface area (Å²) in [5.41, 5.74) is 2.82. The standard InChI is InChI=1S/C19H21N3O2/c23-18-8-4-11-21(18)12-9-14-13-22(17-7-2-1-5-15(14)17)19(24)16-6-3-10-20-16/h1-3,5-7,10,14,20H,4,8-9,11-13H2. The number of aromatic nitrogens is 1. The summed E-state index contributed by atoms with van der Waals surface area (Å²) in [5.74, 6) is 0.557. The van der Waals surface area contributed by atoms with Crippen LogP contribution in [0, 0.1) is 0 Å². The molecule has 24 heavy (non-hydrogen) atoms. The number of amides is 2. The molecule has 0 spiro atoms. The quantitative estimate of drug-likeness (QED) is 0.940. The van der Waals surface area contributed by atoms with Crippen molar-refractivity contribution in [3.8, 4) is 0 Å². The normalized spacial score (nSPS) is 19.8. The van der Waals surface area contributed by atoms with Crippen molar-refractivity contribution in [3.63, 3.8) is 0 Å². The van der Waals surface area contributed by atoms with E-state index in [1.807, 2.05) is 34.1 Å². The number of carbonyl (C=O) groups is 2. The molecule has 0 saturated carbocycles. The van der Waals surface area contributed by atoms with E-state index in [9.17, 15) is 9.59 Å². The summed E-state index contributed by atoms with van der Waals surface area (Å²) in [6.07, 6.45) is 4.32. The Morgan fingerprint density at radius 3 is 2.83 bits per heavy atom. The molecule has 0 bridgehead atoms. The highest BCUT2D eigenvalue weighted by molar-refractivity contribution is 6.06. The first-order valence-corrected chi connectivity index (χ1v) is 8.56. The van der Waals surface area contributed by atoms with Crippen molar-refractivity contribution in [3.05, 3.63) is 53.9 Å². The van der Waals surface area contributed by atoms with Crippen LogP contribution in [0.25, 0.3) is 0 Å². The molecule has 2 amide bonds. The minimum Gasteiger partial charge on any atom is -0.357 e. The zero-order valence-corrected chi connectivity index (χ0v) is 13.6. The number of rotatable bonds is 4. The number of hydrogen-bond acceptors (Lipinski definition) is 2. The average molecular weight is 323 g/mol. The summed E-state index contributed by atoms with van der Waals surface area (Å²) in [7, 11) is 0. The molecular weight excluding hydrogens is 302 g/mol. The lowest BCUT2D eigenvalue weighted by Gasteiger charge is -2.19. The van der Waals surface area contributed by atoms with Crippen LogP contribution >= 0.6 is 0 Å². The number of aromatic amines is 1. The van der Waals surface area contributed by atoms with Crippen molar-refractivity contribution in [1.82, 2.24) is 9.88 Å². The number of hydrogen-bond donors (Lipinski definition) is 1. The Morgan fingerprint density at radius 2 is 2.08 bits per heavy atom. The number of nitrogens with zero attached hydrogens (tertiary/aromatic N) is 2. The molecule has 1 N–H and O–H groups in total. The maximum Gasteiger partial charge on any atom is 0.274 e. The van der Waals surface area contributed by atoms with Gasteiger partial charge in [0.25, 0.3) is 5.91 Å². The molecule has 5 nitrogen and oxygen atoms in total. The number of anilines is 1. The molecular formula is C19H21N3O2. The minimum absolute atomic E-state index is 0.00667. The largest absolute Gasteiger partial charge is 0.357 e. The summed E-state index contributed by atoms with van der Waals surface area (Å²) in [6.45, 7) is 2.33. The van der Waals surface area contributed by atoms with Crippen LogP contribution in [0.15, 0.2) is 42.6 Å². The second-order valence-corrected chi connectivity index (χ2v) is 6.53. The van der Waals surface area contributed by atoms with Gasteiger partial charge >= 0.3 is 0 Å². The molecule has 2 aliphatic rings. The third-order valence-corrected chi connectivity index (χ3v) is 5.06. The molecule has 1 atom stereocenters. The van der Waals surface area contributed by atoms with Gasteiger partial charge < -0.3 is 14.8 Å². The van der Waals surface area contributed by atoms with E-state index in [1.165, 1.54) is 5.56 Å². The highest BCUT2D eigenvalue weighted by Crippen LogP contribution is 2.38. The monoisotopic (exact) mass is 323 g/mol. The molecule has 0 aliphatic carbocycles. The van der Waals surface area contributed by atoms with Gasteiger partial charge in [-0.1, -0.05) is 18.2 Å². The number of fused-ring (bicyclic) bond motifs is 1. The second kappa shape index (κ2) is 6.15. The van der Waals surface area contributed by atoms with Gasteiger partial charge in [0.15, 0.2) is 0 Å². The van der Waals surface area contributed by atoms with Gasteiger partial charge in [-0.3, -0.25) is 9.59 Å². The molecule has 0 radical (unpaired) electrons. The molecule has 1 saturated heterocycles. The Balaban J connectivity index is 1.52.